The number of aryl methyl sites for hydroxylation is 2. The van der Waals surface area contributed by atoms with Gasteiger partial charge in [-0.05, 0) is 42.3 Å². The van der Waals surface area contributed by atoms with Crippen molar-refractivity contribution >= 4 is 28.6 Å². The van der Waals surface area contributed by atoms with Crippen LogP contribution in [0.4, 0.5) is 0 Å². The zero-order valence-electron chi connectivity index (χ0n) is 11.0. The number of hydrogen-bond acceptors (Lipinski definition) is 3. The summed E-state index contributed by atoms with van der Waals surface area (Å²) in [4.78, 5) is 15.7. The molecule has 0 atom stereocenters. The Balaban J connectivity index is 1.82. The summed E-state index contributed by atoms with van der Waals surface area (Å²) in [5.74, 6) is 0.0876. The smallest absolute Gasteiger partial charge is 0.261 e. The molecule has 19 heavy (non-hydrogen) atoms. The highest BCUT2D eigenvalue weighted by atomic mass is 32.1. The minimum absolute atomic E-state index is 0.0876. The number of unbranched alkanes of at least 4 members (excludes halogenated alkanes) is 1. The third kappa shape index (κ3) is 2.47. The van der Waals surface area contributed by atoms with Gasteiger partial charge in [-0.2, -0.15) is 0 Å². The van der Waals surface area contributed by atoms with Crippen molar-refractivity contribution < 1.29 is 4.79 Å². The molecular formula is C15H17NOS2. The largest absolute Gasteiger partial charge is 0.351 e. The lowest BCUT2D eigenvalue weighted by molar-refractivity contribution is 0.0957. The van der Waals surface area contributed by atoms with Gasteiger partial charge in [-0.25, -0.2) is 0 Å². The molecule has 1 amide bonds. The van der Waals surface area contributed by atoms with E-state index in [2.05, 4.69) is 29.8 Å². The minimum atomic E-state index is 0.0876. The van der Waals surface area contributed by atoms with Crippen LogP contribution in [0.2, 0.25) is 0 Å². The molecule has 0 unspecified atom stereocenters. The van der Waals surface area contributed by atoms with Crippen LogP contribution in [0.25, 0.3) is 10.4 Å². The second-order valence-electron chi connectivity index (χ2n) is 4.83. The number of carbonyl (C=O) groups excluding carboxylic acids is 1. The predicted molar refractivity (Wildman–Crippen MR) is 82.3 cm³/mol. The number of rotatable bonds is 4. The fraction of sp³-hybridized carbons (Fsp3) is 0.400. The number of carbonyl (C=O) groups is 1. The first kappa shape index (κ1) is 12.9. The molecule has 100 valence electrons. The Morgan fingerprint density at radius 2 is 2.32 bits per heavy atom. The second kappa shape index (κ2) is 5.47. The van der Waals surface area contributed by atoms with Crippen LogP contribution in [-0.2, 0) is 12.8 Å². The Hall–Kier alpha value is -1.13. The molecule has 4 heteroatoms. The highest BCUT2D eigenvalue weighted by molar-refractivity contribution is 7.18. The maximum absolute atomic E-state index is 12.1. The molecule has 2 aromatic rings. The van der Waals surface area contributed by atoms with Crippen LogP contribution in [0.3, 0.4) is 0 Å². The molecule has 0 aliphatic heterocycles. The SMILES string of the molecule is CCCCNC(=O)c1cc2c(s1)-c1ccsc1CC2. The molecule has 0 saturated carbocycles. The zero-order chi connectivity index (χ0) is 13.2. The van der Waals surface area contributed by atoms with Gasteiger partial charge < -0.3 is 5.32 Å². The van der Waals surface area contributed by atoms with Gasteiger partial charge in [0, 0.05) is 21.9 Å². The summed E-state index contributed by atoms with van der Waals surface area (Å²) in [7, 11) is 0. The lowest BCUT2D eigenvalue weighted by Gasteiger charge is -2.10. The van der Waals surface area contributed by atoms with E-state index >= 15 is 0 Å². The van der Waals surface area contributed by atoms with E-state index in [1.165, 1.54) is 20.9 Å². The van der Waals surface area contributed by atoms with Gasteiger partial charge in [0.2, 0.25) is 0 Å². The lowest BCUT2D eigenvalue weighted by Crippen LogP contribution is -2.23. The van der Waals surface area contributed by atoms with Crippen LogP contribution in [0.1, 0.15) is 39.9 Å². The van der Waals surface area contributed by atoms with E-state index in [9.17, 15) is 4.79 Å². The third-order valence-corrected chi connectivity index (χ3v) is 5.65. The summed E-state index contributed by atoms with van der Waals surface area (Å²) >= 11 is 3.47. The van der Waals surface area contributed by atoms with E-state index in [4.69, 9.17) is 0 Å². The molecule has 0 saturated heterocycles. The van der Waals surface area contributed by atoms with Gasteiger partial charge in [-0.3, -0.25) is 4.79 Å². The Labute approximate surface area is 121 Å². The van der Waals surface area contributed by atoms with Gasteiger partial charge in [-0.15, -0.1) is 22.7 Å². The first-order valence-electron chi connectivity index (χ1n) is 6.77. The summed E-state index contributed by atoms with van der Waals surface area (Å²) in [6.45, 7) is 2.91. The predicted octanol–water partition coefficient (Wildman–Crippen LogP) is 4.11. The summed E-state index contributed by atoms with van der Waals surface area (Å²) in [6.07, 6.45) is 4.35. The molecule has 1 aliphatic rings. The standard InChI is InChI=1S/C15H17NOS2/c1-2-3-7-16-15(17)13-9-10-4-5-12-11(6-8-18-12)14(10)19-13/h6,8-9H,2-5,7H2,1H3,(H,16,17). The fourth-order valence-corrected chi connectivity index (χ4v) is 4.53. The molecule has 3 rings (SSSR count). The molecule has 0 bridgehead atoms. The normalized spacial score (nSPS) is 12.9. The van der Waals surface area contributed by atoms with Gasteiger partial charge in [0.25, 0.3) is 5.91 Å². The fourth-order valence-electron chi connectivity index (χ4n) is 2.40. The molecule has 1 N–H and O–H groups in total. The first-order valence-corrected chi connectivity index (χ1v) is 8.47. The van der Waals surface area contributed by atoms with E-state index in [0.29, 0.717) is 0 Å². The van der Waals surface area contributed by atoms with Gasteiger partial charge in [0.1, 0.15) is 0 Å². The van der Waals surface area contributed by atoms with Crippen LogP contribution in [0.5, 0.6) is 0 Å². The van der Waals surface area contributed by atoms with E-state index in [1.807, 2.05) is 11.3 Å². The average Bonchev–Trinajstić information content (AvgIpc) is 3.04. The van der Waals surface area contributed by atoms with Crippen molar-refractivity contribution in [3.63, 3.8) is 0 Å². The number of thiophene rings is 2. The Morgan fingerprint density at radius 3 is 3.16 bits per heavy atom. The van der Waals surface area contributed by atoms with Gasteiger partial charge >= 0.3 is 0 Å². The highest BCUT2D eigenvalue weighted by Gasteiger charge is 2.22. The van der Waals surface area contributed by atoms with Crippen molar-refractivity contribution in [3.05, 3.63) is 32.8 Å². The van der Waals surface area contributed by atoms with Crippen molar-refractivity contribution in [1.29, 1.82) is 0 Å². The van der Waals surface area contributed by atoms with Crippen LogP contribution >= 0.6 is 22.7 Å². The number of fused-ring (bicyclic) bond motifs is 3. The van der Waals surface area contributed by atoms with Gasteiger partial charge in [0.05, 0.1) is 4.88 Å². The molecule has 2 nitrogen and oxygen atoms in total. The molecule has 0 spiro atoms. The monoisotopic (exact) mass is 291 g/mol. The summed E-state index contributed by atoms with van der Waals surface area (Å²) < 4.78 is 0. The Bertz CT molecular complexity index is 597. The molecule has 0 fully saturated rings. The van der Waals surface area contributed by atoms with Crippen molar-refractivity contribution in [3.8, 4) is 10.4 Å². The summed E-state index contributed by atoms with van der Waals surface area (Å²) in [6, 6.07) is 4.27. The Morgan fingerprint density at radius 1 is 1.42 bits per heavy atom. The maximum Gasteiger partial charge on any atom is 0.261 e. The van der Waals surface area contributed by atoms with Crippen LogP contribution in [0.15, 0.2) is 17.5 Å². The Kier molecular flexibility index (Phi) is 3.71. The van der Waals surface area contributed by atoms with E-state index in [0.717, 1.165) is 37.1 Å². The number of amides is 1. The minimum Gasteiger partial charge on any atom is -0.351 e. The van der Waals surface area contributed by atoms with Gasteiger partial charge in [-0.1, -0.05) is 13.3 Å². The highest BCUT2D eigenvalue weighted by Crippen LogP contribution is 2.41. The average molecular weight is 291 g/mol. The lowest BCUT2D eigenvalue weighted by atomic mass is 9.98. The van der Waals surface area contributed by atoms with Crippen molar-refractivity contribution in [2.75, 3.05) is 6.54 Å². The summed E-state index contributed by atoms with van der Waals surface area (Å²) in [5, 5.41) is 5.15. The maximum atomic E-state index is 12.1. The molecule has 2 aromatic heterocycles. The van der Waals surface area contributed by atoms with Crippen LogP contribution < -0.4 is 5.32 Å². The third-order valence-electron chi connectivity index (χ3n) is 3.46. The van der Waals surface area contributed by atoms with Crippen molar-refractivity contribution in [2.45, 2.75) is 32.6 Å². The van der Waals surface area contributed by atoms with Crippen LogP contribution in [-0.4, -0.2) is 12.5 Å². The number of nitrogens with one attached hydrogen (secondary N) is 1. The number of hydrogen-bond donors (Lipinski definition) is 1. The molecule has 2 heterocycles. The van der Waals surface area contributed by atoms with E-state index in [1.54, 1.807) is 11.3 Å². The quantitative estimate of drug-likeness (QED) is 0.844. The zero-order valence-corrected chi connectivity index (χ0v) is 12.6. The first-order chi connectivity index (χ1) is 9.29. The van der Waals surface area contributed by atoms with E-state index in [-0.39, 0.29) is 5.91 Å². The van der Waals surface area contributed by atoms with Crippen LogP contribution in [0, 0.1) is 0 Å². The van der Waals surface area contributed by atoms with Crippen molar-refractivity contribution in [2.24, 2.45) is 0 Å². The van der Waals surface area contributed by atoms with E-state index < -0.39 is 0 Å². The van der Waals surface area contributed by atoms with Gasteiger partial charge in [0.15, 0.2) is 0 Å². The molecule has 0 radical (unpaired) electrons. The molecule has 0 aromatic carbocycles. The van der Waals surface area contributed by atoms with Crippen molar-refractivity contribution in [1.82, 2.24) is 5.32 Å². The second-order valence-corrected chi connectivity index (χ2v) is 6.88. The molecular weight excluding hydrogens is 274 g/mol. The summed E-state index contributed by atoms with van der Waals surface area (Å²) in [5.41, 5.74) is 2.69. The molecule has 1 aliphatic carbocycles. The topological polar surface area (TPSA) is 29.1 Å².